The Morgan fingerprint density at radius 3 is 2.17 bits per heavy atom. The molecule has 1 fully saturated rings. The molecular formula is C27H23NO. The Balaban J connectivity index is 1.61. The van der Waals surface area contributed by atoms with Gasteiger partial charge in [-0.1, -0.05) is 91.9 Å². The van der Waals surface area contributed by atoms with Crippen molar-refractivity contribution >= 4 is 16.6 Å². The summed E-state index contributed by atoms with van der Waals surface area (Å²) in [6.07, 6.45) is 1.90. The SMILES string of the molecule is C[C@H]1[C@@H](C(=O)c2ccccc2)[C@H](c2ccccc2)[C@@H]1c1nccc2ccccc12. The summed E-state index contributed by atoms with van der Waals surface area (Å²) >= 11 is 0. The van der Waals surface area contributed by atoms with Gasteiger partial charge in [-0.2, -0.15) is 0 Å². The highest BCUT2D eigenvalue weighted by Crippen LogP contribution is 2.58. The predicted octanol–water partition coefficient (Wildman–Crippen LogP) is 6.25. The van der Waals surface area contributed by atoms with Crippen LogP contribution in [0, 0.1) is 11.8 Å². The predicted molar refractivity (Wildman–Crippen MR) is 117 cm³/mol. The third-order valence-electron chi connectivity index (χ3n) is 6.47. The fourth-order valence-corrected chi connectivity index (χ4v) is 5.07. The van der Waals surface area contributed by atoms with Gasteiger partial charge in [0.25, 0.3) is 0 Å². The number of Topliss-reactive ketones (excluding diaryl/α,β-unsaturated/α-hetero) is 1. The number of rotatable bonds is 4. The van der Waals surface area contributed by atoms with Gasteiger partial charge >= 0.3 is 0 Å². The highest BCUT2D eigenvalue weighted by Gasteiger charge is 2.53. The van der Waals surface area contributed by atoms with Gasteiger partial charge in [0.15, 0.2) is 5.78 Å². The van der Waals surface area contributed by atoms with E-state index in [0.29, 0.717) is 0 Å². The number of hydrogen-bond donors (Lipinski definition) is 0. The summed E-state index contributed by atoms with van der Waals surface area (Å²) in [5.74, 6) is 0.790. The van der Waals surface area contributed by atoms with E-state index in [0.717, 1.165) is 11.3 Å². The molecule has 4 aromatic rings. The van der Waals surface area contributed by atoms with Crippen LogP contribution in [-0.4, -0.2) is 10.8 Å². The molecule has 142 valence electrons. The molecule has 29 heavy (non-hydrogen) atoms. The molecule has 0 N–H and O–H groups in total. The Labute approximate surface area is 171 Å². The molecule has 0 unspecified atom stereocenters. The molecule has 3 aromatic carbocycles. The van der Waals surface area contributed by atoms with Crippen LogP contribution >= 0.6 is 0 Å². The summed E-state index contributed by atoms with van der Waals surface area (Å²) in [5, 5.41) is 2.40. The van der Waals surface area contributed by atoms with Crippen molar-refractivity contribution in [1.29, 1.82) is 0 Å². The molecule has 0 spiro atoms. The maximum atomic E-state index is 13.4. The van der Waals surface area contributed by atoms with E-state index in [-0.39, 0.29) is 29.5 Å². The van der Waals surface area contributed by atoms with Gasteiger partial charge in [0.1, 0.15) is 0 Å². The fraction of sp³-hybridized carbons (Fsp3) is 0.185. The third kappa shape index (κ3) is 2.96. The van der Waals surface area contributed by atoms with Crippen LogP contribution in [0.15, 0.2) is 97.2 Å². The molecule has 0 radical (unpaired) electrons. The van der Waals surface area contributed by atoms with Crippen molar-refractivity contribution in [2.75, 3.05) is 0 Å². The van der Waals surface area contributed by atoms with E-state index in [1.165, 1.54) is 16.3 Å². The smallest absolute Gasteiger partial charge is 0.166 e. The Morgan fingerprint density at radius 1 is 0.759 bits per heavy atom. The summed E-state index contributed by atoms with van der Waals surface area (Å²) in [7, 11) is 0. The van der Waals surface area contributed by atoms with E-state index in [9.17, 15) is 4.79 Å². The van der Waals surface area contributed by atoms with E-state index in [4.69, 9.17) is 4.98 Å². The first kappa shape index (κ1) is 17.8. The molecule has 0 amide bonds. The van der Waals surface area contributed by atoms with Gasteiger partial charge in [-0.25, -0.2) is 0 Å². The van der Waals surface area contributed by atoms with Crippen LogP contribution in [0.1, 0.15) is 40.4 Å². The monoisotopic (exact) mass is 377 g/mol. The van der Waals surface area contributed by atoms with Crippen LogP contribution in [0.4, 0.5) is 0 Å². The lowest BCUT2D eigenvalue weighted by atomic mass is 9.52. The van der Waals surface area contributed by atoms with Crippen LogP contribution < -0.4 is 0 Å². The van der Waals surface area contributed by atoms with Crippen molar-refractivity contribution in [2.24, 2.45) is 11.8 Å². The number of benzene rings is 3. The molecule has 0 aliphatic heterocycles. The van der Waals surface area contributed by atoms with Gasteiger partial charge in [-0.3, -0.25) is 9.78 Å². The Morgan fingerprint density at radius 2 is 1.41 bits per heavy atom. The van der Waals surface area contributed by atoms with E-state index >= 15 is 0 Å². The lowest BCUT2D eigenvalue weighted by molar-refractivity contribution is 0.0592. The Hall–Kier alpha value is -3.26. The minimum Gasteiger partial charge on any atom is -0.294 e. The number of aromatic nitrogens is 1. The number of hydrogen-bond acceptors (Lipinski definition) is 2. The summed E-state index contributed by atoms with van der Waals surface area (Å²) in [4.78, 5) is 18.3. The normalized spacial score (nSPS) is 23.5. The first-order valence-electron chi connectivity index (χ1n) is 10.2. The Bertz CT molecular complexity index is 1150. The van der Waals surface area contributed by atoms with E-state index in [2.05, 4.69) is 61.5 Å². The van der Waals surface area contributed by atoms with Crippen LogP contribution in [0.25, 0.3) is 10.8 Å². The van der Waals surface area contributed by atoms with Gasteiger partial charge in [0, 0.05) is 34.9 Å². The minimum atomic E-state index is -0.0365. The molecule has 1 aliphatic carbocycles. The van der Waals surface area contributed by atoms with Gasteiger partial charge in [0.2, 0.25) is 0 Å². The molecule has 4 atom stereocenters. The van der Waals surface area contributed by atoms with Crippen LogP contribution in [0.2, 0.25) is 0 Å². The quantitative estimate of drug-likeness (QED) is 0.393. The zero-order chi connectivity index (χ0) is 19.8. The van der Waals surface area contributed by atoms with Crippen molar-refractivity contribution in [2.45, 2.75) is 18.8 Å². The molecule has 1 aromatic heterocycles. The molecule has 1 saturated carbocycles. The molecule has 1 aliphatic rings. The van der Waals surface area contributed by atoms with Crippen LogP contribution in [-0.2, 0) is 0 Å². The average molecular weight is 377 g/mol. The average Bonchev–Trinajstić information content (AvgIpc) is 2.78. The zero-order valence-electron chi connectivity index (χ0n) is 16.4. The third-order valence-corrected chi connectivity index (χ3v) is 6.47. The van der Waals surface area contributed by atoms with Crippen molar-refractivity contribution in [3.8, 4) is 0 Å². The minimum absolute atomic E-state index is 0.0365. The van der Waals surface area contributed by atoms with Crippen molar-refractivity contribution in [1.82, 2.24) is 4.98 Å². The summed E-state index contributed by atoms with van der Waals surface area (Å²) < 4.78 is 0. The Kier molecular flexibility index (Phi) is 4.48. The lowest BCUT2D eigenvalue weighted by Crippen LogP contribution is -2.46. The topological polar surface area (TPSA) is 30.0 Å². The maximum Gasteiger partial charge on any atom is 0.166 e. The number of ketones is 1. The molecule has 2 heteroatoms. The summed E-state index contributed by atoms with van der Waals surface area (Å²) in [6, 6.07) is 30.7. The highest BCUT2D eigenvalue weighted by molar-refractivity contribution is 6.00. The van der Waals surface area contributed by atoms with E-state index < -0.39 is 0 Å². The van der Waals surface area contributed by atoms with Crippen molar-refractivity contribution in [3.05, 3.63) is 114 Å². The van der Waals surface area contributed by atoms with Gasteiger partial charge in [-0.15, -0.1) is 0 Å². The van der Waals surface area contributed by atoms with E-state index in [1.54, 1.807) is 0 Å². The first-order chi connectivity index (χ1) is 14.3. The summed E-state index contributed by atoms with van der Waals surface area (Å²) in [5.41, 5.74) is 3.13. The number of carbonyl (C=O) groups excluding carboxylic acids is 1. The summed E-state index contributed by atoms with van der Waals surface area (Å²) in [6.45, 7) is 2.21. The van der Waals surface area contributed by atoms with E-state index in [1.807, 2.05) is 42.6 Å². The lowest BCUT2D eigenvalue weighted by Gasteiger charge is -2.50. The molecule has 0 bridgehead atoms. The van der Waals surface area contributed by atoms with Crippen molar-refractivity contribution in [3.63, 3.8) is 0 Å². The van der Waals surface area contributed by atoms with Gasteiger partial charge in [-0.05, 0) is 22.9 Å². The van der Waals surface area contributed by atoms with Gasteiger partial charge in [0.05, 0.1) is 5.69 Å². The van der Waals surface area contributed by atoms with Crippen LogP contribution in [0.5, 0.6) is 0 Å². The first-order valence-corrected chi connectivity index (χ1v) is 10.2. The molecule has 0 saturated heterocycles. The molecule has 5 rings (SSSR count). The largest absolute Gasteiger partial charge is 0.294 e. The highest BCUT2D eigenvalue weighted by atomic mass is 16.1. The van der Waals surface area contributed by atoms with Gasteiger partial charge < -0.3 is 0 Å². The molecule has 1 heterocycles. The number of fused-ring (bicyclic) bond motifs is 1. The van der Waals surface area contributed by atoms with Crippen LogP contribution in [0.3, 0.4) is 0 Å². The second-order valence-electron chi connectivity index (χ2n) is 7.99. The second-order valence-corrected chi connectivity index (χ2v) is 7.99. The number of nitrogens with zero attached hydrogens (tertiary/aromatic N) is 1. The zero-order valence-corrected chi connectivity index (χ0v) is 16.4. The standard InChI is InChI=1S/C27H23NO/c1-18-23(26-22-15-9-8-10-19(22)16-17-28-26)25(20-11-4-2-5-12-20)24(18)27(29)21-13-6-3-7-14-21/h2-18,23-25H,1H3/t18-,23-,24-,25-/m1/s1. The molecule has 2 nitrogen and oxygen atoms in total. The fourth-order valence-electron chi connectivity index (χ4n) is 5.07. The van der Waals surface area contributed by atoms with Crippen molar-refractivity contribution < 1.29 is 4.79 Å². The second kappa shape index (κ2) is 7.29. The maximum absolute atomic E-state index is 13.4. The number of pyridine rings is 1. The number of carbonyl (C=O) groups is 1. The molecular weight excluding hydrogens is 354 g/mol.